The third-order valence-electron chi connectivity index (χ3n) is 5.52. The number of nitrogens with zero attached hydrogens (tertiary/aromatic N) is 3. The van der Waals surface area contributed by atoms with Crippen molar-refractivity contribution in [1.82, 2.24) is 9.46 Å². The van der Waals surface area contributed by atoms with Crippen molar-refractivity contribution in [2.45, 2.75) is 56.4 Å². The first-order valence-electron chi connectivity index (χ1n) is 9.82. The Kier molecular flexibility index (Phi) is 5.25. The van der Waals surface area contributed by atoms with E-state index in [1.54, 1.807) is 33.5 Å². The van der Waals surface area contributed by atoms with E-state index in [-0.39, 0.29) is 16.8 Å². The zero-order chi connectivity index (χ0) is 19.7. The molecule has 7 nitrogen and oxygen atoms in total. The van der Waals surface area contributed by atoms with Crippen LogP contribution in [0.4, 0.5) is 5.69 Å². The van der Waals surface area contributed by atoms with Gasteiger partial charge in [0.15, 0.2) is 0 Å². The Bertz CT molecular complexity index is 952. The molecule has 4 rings (SSSR count). The fraction of sp³-hybridized carbons (Fsp3) is 0.500. The second kappa shape index (κ2) is 7.67. The average Bonchev–Trinajstić information content (AvgIpc) is 3.22. The van der Waals surface area contributed by atoms with Gasteiger partial charge in [-0.15, -0.1) is 0 Å². The fourth-order valence-electron chi connectivity index (χ4n) is 4.06. The lowest BCUT2D eigenvalue weighted by Crippen LogP contribution is -2.35. The lowest BCUT2D eigenvalue weighted by molar-refractivity contribution is -0.117. The highest BCUT2D eigenvalue weighted by molar-refractivity contribution is 7.89. The van der Waals surface area contributed by atoms with E-state index in [0.29, 0.717) is 31.0 Å². The molecule has 8 heteroatoms. The van der Waals surface area contributed by atoms with Crippen LogP contribution in [-0.2, 0) is 14.8 Å². The smallest absolute Gasteiger partial charge is 0.243 e. The number of carbonyl (C=O) groups excluding carboxylic acids is 1. The molecule has 2 fully saturated rings. The summed E-state index contributed by atoms with van der Waals surface area (Å²) in [5.41, 5.74) is 1.42. The van der Waals surface area contributed by atoms with Gasteiger partial charge in [0.05, 0.1) is 10.9 Å². The molecular weight excluding hydrogens is 378 g/mol. The summed E-state index contributed by atoms with van der Waals surface area (Å²) in [6.45, 7) is 2.96. The normalized spacial score (nSPS) is 21.8. The van der Waals surface area contributed by atoms with Crippen LogP contribution in [-0.4, -0.2) is 36.9 Å². The lowest BCUT2D eigenvalue weighted by Gasteiger charge is -2.28. The van der Waals surface area contributed by atoms with Crippen molar-refractivity contribution in [3.63, 3.8) is 0 Å². The molecule has 2 aliphatic heterocycles. The van der Waals surface area contributed by atoms with Crippen molar-refractivity contribution in [3.8, 4) is 0 Å². The van der Waals surface area contributed by atoms with Crippen molar-refractivity contribution in [3.05, 3.63) is 41.8 Å². The van der Waals surface area contributed by atoms with Gasteiger partial charge < -0.3 is 9.42 Å². The molecule has 0 saturated carbocycles. The first-order valence-corrected chi connectivity index (χ1v) is 11.3. The predicted octanol–water partition coefficient (Wildman–Crippen LogP) is 3.42. The van der Waals surface area contributed by atoms with Crippen LogP contribution in [0.3, 0.4) is 0 Å². The fourth-order valence-corrected chi connectivity index (χ4v) is 5.73. The van der Waals surface area contributed by atoms with Crippen molar-refractivity contribution < 1.29 is 17.7 Å². The van der Waals surface area contributed by atoms with Gasteiger partial charge >= 0.3 is 0 Å². The van der Waals surface area contributed by atoms with Gasteiger partial charge in [-0.1, -0.05) is 18.0 Å². The van der Waals surface area contributed by atoms with E-state index in [1.165, 1.54) is 0 Å². The number of hydrogen-bond acceptors (Lipinski definition) is 5. The van der Waals surface area contributed by atoms with E-state index in [9.17, 15) is 13.2 Å². The van der Waals surface area contributed by atoms with Crippen LogP contribution in [0, 0.1) is 6.92 Å². The molecule has 1 aromatic heterocycles. The van der Waals surface area contributed by atoms with Crippen molar-refractivity contribution >= 4 is 21.6 Å². The third kappa shape index (κ3) is 3.58. The van der Waals surface area contributed by atoms with Crippen molar-refractivity contribution in [1.29, 1.82) is 0 Å². The summed E-state index contributed by atoms with van der Waals surface area (Å²) < 4.78 is 33.6. The summed E-state index contributed by atoms with van der Waals surface area (Å²) in [6.07, 6.45) is 4.89. The SMILES string of the molecule is Cc1cc([C@@H]2CCCCCN2S(=O)(=O)c2ccc(N3CCCC3=O)cc2)no1. The number of aromatic nitrogens is 1. The first kappa shape index (κ1) is 19.1. The van der Waals surface area contributed by atoms with Crippen LogP contribution in [0.15, 0.2) is 39.8 Å². The van der Waals surface area contributed by atoms with E-state index in [4.69, 9.17) is 4.52 Å². The molecule has 0 radical (unpaired) electrons. The molecule has 0 unspecified atom stereocenters. The molecule has 1 atom stereocenters. The molecule has 28 heavy (non-hydrogen) atoms. The maximum atomic E-state index is 13.4. The molecule has 2 saturated heterocycles. The van der Waals surface area contributed by atoms with Crippen molar-refractivity contribution in [2.75, 3.05) is 18.0 Å². The summed E-state index contributed by atoms with van der Waals surface area (Å²) in [7, 11) is -3.68. The second-order valence-electron chi connectivity index (χ2n) is 7.49. The number of amides is 1. The lowest BCUT2D eigenvalue weighted by atomic mass is 10.1. The average molecular weight is 404 g/mol. The molecule has 0 spiro atoms. The molecule has 2 aromatic rings. The van der Waals surface area contributed by atoms with Crippen LogP contribution < -0.4 is 4.90 Å². The summed E-state index contributed by atoms with van der Waals surface area (Å²) in [4.78, 5) is 13.9. The van der Waals surface area contributed by atoms with Gasteiger partial charge in [0.1, 0.15) is 11.5 Å². The standard InChI is InChI=1S/C20H25N3O4S/c1-15-14-18(21-27-15)19-6-3-2-4-13-23(19)28(25,26)17-10-8-16(9-11-17)22-12-5-7-20(22)24/h8-11,14,19H,2-7,12-13H2,1H3/t19-/m0/s1. The Morgan fingerprint density at radius 3 is 2.50 bits per heavy atom. The van der Waals surface area contributed by atoms with Gasteiger partial charge in [-0.3, -0.25) is 4.79 Å². The van der Waals surface area contributed by atoms with Gasteiger partial charge in [-0.2, -0.15) is 4.31 Å². The predicted molar refractivity (Wildman–Crippen MR) is 104 cm³/mol. The highest BCUT2D eigenvalue weighted by Crippen LogP contribution is 2.35. The van der Waals surface area contributed by atoms with E-state index >= 15 is 0 Å². The number of benzene rings is 1. The molecule has 1 aromatic carbocycles. The van der Waals surface area contributed by atoms with E-state index < -0.39 is 10.0 Å². The Morgan fingerprint density at radius 2 is 1.86 bits per heavy atom. The molecule has 0 aliphatic carbocycles. The largest absolute Gasteiger partial charge is 0.361 e. The zero-order valence-corrected chi connectivity index (χ0v) is 16.8. The minimum Gasteiger partial charge on any atom is -0.361 e. The molecule has 0 bridgehead atoms. The van der Waals surface area contributed by atoms with Gasteiger partial charge in [-0.05, 0) is 50.5 Å². The topological polar surface area (TPSA) is 83.7 Å². The van der Waals surface area contributed by atoms with Crippen LogP contribution in [0.2, 0.25) is 0 Å². The number of rotatable bonds is 4. The van der Waals surface area contributed by atoms with Gasteiger partial charge in [-0.25, -0.2) is 8.42 Å². The molecule has 2 aliphatic rings. The molecule has 150 valence electrons. The highest BCUT2D eigenvalue weighted by atomic mass is 32.2. The molecular formula is C20H25N3O4S. The zero-order valence-electron chi connectivity index (χ0n) is 16.0. The Labute approximate surface area is 165 Å². The first-order chi connectivity index (χ1) is 13.5. The van der Waals surface area contributed by atoms with E-state index in [2.05, 4.69) is 5.16 Å². The summed E-state index contributed by atoms with van der Waals surface area (Å²) >= 11 is 0. The van der Waals surface area contributed by atoms with Gasteiger partial charge in [0, 0.05) is 31.3 Å². The minimum atomic E-state index is -3.68. The van der Waals surface area contributed by atoms with Crippen LogP contribution in [0.1, 0.15) is 56.0 Å². The van der Waals surface area contributed by atoms with E-state index in [0.717, 1.165) is 37.8 Å². The summed E-state index contributed by atoms with van der Waals surface area (Å²) in [5, 5.41) is 4.09. The second-order valence-corrected chi connectivity index (χ2v) is 9.38. The maximum Gasteiger partial charge on any atom is 0.243 e. The number of sulfonamides is 1. The van der Waals surface area contributed by atoms with Crippen LogP contribution >= 0.6 is 0 Å². The number of hydrogen-bond donors (Lipinski definition) is 0. The van der Waals surface area contributed by atoms with Gasteiger partial charge in [0.2, 0.25) is 15.9 Å². The van der Waals surface area contributed by atoms with Crippen molar-refractivity contribution in [2.24, 2.45) is 0 Å². The maximum absolute atomic E-state index is 13.4. The van der Waals surface area contributed by atoms with Crippen LogP contribution in [0.25, 0.3) is 0 Å². The molecule has 3 heterocycles. The Balaban J connectivity index is 1.64. The monoisotopic (exact) mass is 403 g/mol. The molecule has 0 N–H and O–H groups in total. The third-order valence-corrected chi connectivity index (χ3v) is 7.44. The number of carbonyl (C=O) groups is 1. The molecule has 1 amide bonds. The van der Waals surface area contributed by atoms with Crippen LogP contribution in [0.5, 0.6) is 0 Å². The number of aryl methyl sites for hydroxylation is 1. The Hall–Kier alpha value is -2.19. The summed E-state index contributed by atoms with van der Waals surface area (Å²) in [5.74, 6) is 0.765. The number of anilines is 1. The Morgan fingerprint density at radius 1 is 1.07 bits per heavy atom. The quantitative estimate of drug-likeness (QED) is 0.781. The van der Waals surface area contributed by atoms with Gasteiger partial charge in [0.25, 0.3) is 0 Å². The van der Waals surface area contributed by atoms with E-state index in [1.807, 2.05) is 13.0 Å². The highest BCUT2D eigenvalue weighted by Gasteiger charge is 2.35. The summed E-state index contributed by atoms with van der Waals surface area (Å²) in [6, 6.07) is 8.16. The minimum absolute atomic E-state index is 0.0876.